The molecule has 0 bridgehead atoms. The van der Waals surface area contributed by atoms with Gasteiger partial charge in [0.1, 0.15) is 5.82 Å². The molecule has 0 amide bonds. The van der Waals surface area contributed by atoms with E-state index in [9.17, 15) is 0 Å². The quantitative estimate of drug-likeness (QED) is 0.667. The molecule has 1 fully saturated rings. The van der Waals surface area contributed by atoms with E-state index in [1.165, 1.54) is 19.3 Å². The predicted molar refractivity (Wildman–Crippen MR) is 67.8 cm³/mol. The second-order valence-electron chi connectivity index (χ2n) is 4.66. The largest absolute Gasteiger partial charge is 0.380 e. The van der Waals surface area contributed by atoms with Crippen molar-refractivity contribution in [1.29, 1.82) is 0 Å². The zero-order valence-corrected chi connectivity index (χ0v) is 10.7. The molecule has 1 aromatic rings. The molecule has 17 heavy (non-hydrogen) atoms. The summed E-state index contributed by atoms with van der Waals surface area (Å²) >= 11 is 0. The second-order valence-corrected chi connectivity index (χ2v) is 4.66. The van der Waals surface area contributed by atoms with Crippen molar-refractivity contribution in [2.45, 2.75) is 51.7 Å². The van der Waals surface area contributed by atoms with Crippen molar-refractivity contribution in [2.75, 3.05) is 13.2 Å². The maximum Gasteiger partial charge on any atom is 0.122 e. The molecule has 0 unspecified atom stereocenters. The SMILES string of the molecule is CCCCOCCn1ccnc1CNC1CC1. The third-order valence-electron chi connectivity index (χ3n) is 3.05. The summed E-state index contributed by atoms with van der Waals surface area (Å²) in [5, 5.41) is 3.49. The molecule has 4 heteroatoms. The van der Waals surface area contributed by atoms with Gasteiger partial charge >= 0.3 is 0 Å². The van der Waals surface area contributed by atoms with Gasteiger partial charge in [0, 0.05) is 31.6 Å². The Morgan fingerprint density at radius 2 is 2.35 bits per heavy atom. The summed E-state index contributed by atoms with van der Waals surface area (Å²) in [4.78, 5) is 4.38. The van der Waals surface area contributed by atoms with Crippen LogP contribution in [0.4, 0.5) is 0 Å². The van der Waals surface area contributed by atoms with Crippen molar-refractivity contribution in [1.82, 2.24) is 14.9 Å². The van der Waals surface area contributed by atoms with Crippen LogP contribution in [-0.4, -0.2) is 28.8 Å². The maximum absolute atomic E-state index is 5.57. The Balaban J connectivity index is 1.66. The molecule has 1 N–H and O–H groups in total. The standard InChI is InChI=1S/C13H23N3O/c1-2-3-9-17-10-8-16-7-6-14-13(16)11-15-12-4-5-12/h6-7,12,15H,2-5,8-11H2,1H3. The minimum Gasteiger partial charge on any atom is -0.380 e. The van der Waals surface area contributed by atoms with E-state index >= 15 is 0 Å². The number of imidazole rings is 1. The van der Waals surface area contributed by atoms with E-state index in [1.54, 1.807) is 0 Å². The van der Waals surface area contributed by atoms with Gasteiger partial charge in [0.05, 0.1) is 13.2 Å². The third kappa shape index (κ3) is 4.48. The molecular formula is C13H23N3O. The van der Waals surface area contributed by atoms with Gasteiger partial charge in [-0.25, -0.2) is 4.98 Å². The van der Waals surface area contributed by atoms with Gasteiger partial charge in [0.15, 0.2) is 0 Å². The predicted octanol–water partition coefficient (Wildman–Crippen LogP) is 1.95. The van der Waals surface area contributed by atoms with E-state index in [0.29, 0.717) is 0 Å². The first-order valence-electron chi connectivity index (χ1n) is 6.71. The number of ether oxygens (including phenoxy) is 1. The van der Waals surface area contributed by atoms with Crippen LogP contribution in [0.1, 0.15) is 38.4 Å². The zero-order chi connectivity index (χ0) is 11.9. The second kappa shape index (κ2) is 6.77. The minimum absolute atomic E-state index is 0.737. The first-order chi connectivity index (χ1) is 8.40. The van der Waals surface area contributed by atoms with Crippen molar-refractivity contribution in [3.05, 3.63) is 18.2 Å². The van der Waals surface area contributed by atoms with E-state index in [2.05, 4.69) is 21.8 Å². The molecule has 0 aliphatic heterocycles. The fourth-order valence-corrected chi connectivity index (χ4v) is 1.75. The number of aromatic nitrogens is 2. The van der Waals surface area contributed by atoms with Gasteiger partial charge in [-0.1, -0.05) is 13.3 Å². The first-order valence-corrected chi connectivity index (χ1v) is 6.71. The normalized spacial score (nSPS) is 15.4. The molecule has 1 aliphatic rings. The van der Waals surface area contributed by atoms with E-state index in [4.69, 9.17) is 4.74 Å². The molecule has 1 heterocycles. The molecular weight excluding hydrogens is 214 g/mol. The van der Waals surface area contributed by atoms with E-state index in [-0.39, 0.29) is 0 Å². The number of nitrogens with zero attached hydrogens (tertiary/aromatic N) is 2. The van der Waals surface area contributed by atoms with Crippen molar-refractivity contribution in [3.63, 3.8) is 0 Å². The highest BCUT2D eigenvalue weighted by Crippen LogP contribution is 2.18. The average molecular weight is 237 g/mol. The van der Waals surface area contributed by atoms with E-state index in [1.807, 2.05) is 12.4 Å². The summed E-state index contributed by atoms with van der Waals surface area (Å²) in [7, 11) is 0. The fraction of sp³-hybridized carbons (Fsp3) is 0.769. The maximum atomic E-state index is 5.57. The van der Waals surface area contributed by atoms with Gasteiger partial charge in [-0.05, 0) is 19.3 Å². The molecule has 4 nitrogen and oxygen atoms in total. The summed E-state index contributed by atoms with van der Waals surface area (Å²) < 4.78 is 7.75. The van der Waals surface area contributed by atoms with Gasteiger partial charge in [-0.3, -0.25) is 0 Å². The van der Waals surface area contributed by atoms with Crippen molar-refractivity contribution in [3.8, 4) is 0 Å². The first kappa shape index (κ1) is 12.6. The summed E-state index contributed by atoms with van der Waals surface area (Å²) in [5.74, 6) is 1.12. The van der Waals surface area contributed by atoms with Crippen LogP contribution in [-0.2, 0) is 17.8 Å². The minimum atomic E-state index is 0.737. The molecule has 0 atom stereocenters. The lowest BCUT2D eigenvalue weighted by molar-refractivity contribution is 0.123. The molecule has 0 saturated heterocycles. The molecule has 1 aliphatic carbocycles. The van der Waals surface area contributed by atoms with E-state index < -0.39 is 0 Å². The Kier molecular flexibility index (Phi) is 5.01. The van der Waals surface area contributed by atoms with Crippen LogP contribution in [0.15, 0.2) is 12.4 Å². The van der Waals surface area contributed by atoms with Gasteiger partial charge < -0.3 is 14.6 Å². The number of hydrogen-bond acceptors (Lipinski definition) is 3. The molecule has 1 aromatic heterocycles. The Morgan fingerprint density at radius 1 is 1.47 bits per heavy atom. The molecule has 2 rings (SSSR count). The molecule has 1 saturated carbocycles. The fourth-order valence-electron chi connectivity index (χ4n) is 1.75. The van der Waals surface area contributed by atoms with Crippen LogP contribution >= 0.6 is 0 Å². The molecule has 0 spiro atoms. The van der Waals surface area contributed by atoms with Crippen LogP contribution in [0.25, 0.3) is 0 Å². The topological polar surface area (TPSA) is 39.1 Å². The lowest BCUT2D eigenvalue weighted by Gasteiger charge is -2.09. The number of unbranched alkanes of at least 4 members (excludes halogenated alkanes) is 1. The molecule has 0 radical (unpaired) electrons. The Labute approximate surface area is 103 Å². The van der Waals surface area contributed by atoms with Crippen molar-refractivity contribution >= 4 is 0 Å². The number of rotatable bonds is 9. The third-order valence-corrected chi connectivity index (χ3v) is 3.05. The summed E-state index contributed by atoms with van der Waals surface area (Å²) in [6.45, 7) is 5.63. The average Bonchev–Trinajstić information content (AvgIpc) is 3.06. The summed E-state index contributed by atoms with van der Waals surface area (Å²) in [5.41, 5.74) is 0. The highest BCUT2D eigenvalue weighted by molar-refractivity contribution is 4.94. The van der Waals surface area contributed by atoms with Crippen molar-refractivity contribution < 1.29 is 4.74 Å². The van der Waals surface area contributed by atoms with Gasteiger partial charge in [0.2, 0.25) is 0 Å². The van der Waals surface area contributed by atoms with Crippen LogP contribution < -0.4 is 5.32 Å². The lowest BCUT2D eigenvalue weighted by Crippen LogP contribution is -2.19. The highest BCUT2D eigenvalue weighted by atomic mass is 16.5. The van der Waals surface area contributed by atoms with Gasteiger partial charge in [-0.2, -0.15) is 0 Å². The lowest BCUT2D eigenvalue weighted by atomic mass is 10.4. The Morgan fingerprint density at radius 3 is 3.12 bits per heavy atom. The monoisotopic (exact) mass is 237 g/mol. The highest BCUT2D eigenvalue weighted by Gasteiger charge is 2.20. The van der Waals surface area contributed by atoms with Gasteiger partial charge in [0.25, 0.3) is 0 Å². The van der Waals surface area contributed by atoms with Crippen LogP contribution in [0.3, 0.4) is 0 Å². The van der Waals surface area contributed by atoms with Crippen molar-refractivity contribution in [2.24, 2.45) is 0 Å². The van der Waals surface area contributed by atoms with Crippen LogP contribution in [0, 0.1) is 0 Å². The number of nitrogens with one attached hydrogen (secondary N) is 1. The smallest absolute Gasteiger partial charge is 0.122 e. The zero-order valence-electron chi connectivity index (χ0n) is 10.7. The number of hydrogen-bond donors (Lipinski definition) is 1. The van der Waals surface area contributed by atoms with Gasteiger partial charge in [-0.15, -0.1) is 0 Å². The Bertz CT molecular complexity index is 320. The summed E-state index contributed by atoms with van der Waals surface area (Å²) in [6.07, 6.45) is 8.90. The summed E-state index contributed by atoms with van der Waals surface area (Å²) in [6, 6.07) is 0.737. The van der Waals surface area contributed by atoms with E-state index in [0.717, 1.165) is 44.6 Å². The molecule has 96 valence electrons. The Hall–Kier alpha value is -0.870. The van der Waals surface area contributed by atoms with Crippen LogP contribution in [0.2, 0.25) is 0 Å². The van der Waals surface area contributed by atoms with Crippen LogP contribution in [0.5, 0.6) is 0 Å². The molecule has 0 aromatic carbocycles.